The highest BCUT2D eigenvalue weighted by Gasteiger charge is 2.28. The van der Waals surface area contributed by atoms with Crippen molar-refractivity contribution in [2.45, 2.75) is 45.6 Å². The smallest absolute Gasteiger partial charge is 0.254 e. The van der Waals surface area contributed by atoms with Crippen LogP contribution in [-0.4, -0.2) is 22.3 Å². The molecule has 0 bridgehead atoms. The molecule has 1 aromatic heterocycles. The fourth-order valence-electron chi connectivity index (χ4n) is 3.42. The van der Waals surface area contributed by atoms with Gasteiger partial charge in [0.05, 0.1) is 6.04 Å². The predicted octanol–water partition coefficient (Wildman–Crippen LogP) is 4.46. The Morgan fingerprint density at radius 3 is 2.65 bits per heavy atom. The summed E-state index contributed by atoms with van der Waals surface area (Å²) in [4.78, 5) is 19.4. The van der Waals surface area contributed by atoms with E-state index in [4.69, 9.17) is 0 Å². The molecule has 1 amide bonds. The van der Waals surface area contributed by atoms with E-state index in [1.807, 2.05) is 43.6 Å². The SMILES string of the molecule is Cc1cccc(C(=O)N2CCCCCC2c2ccncc2)c1C. The minimum absolute atomic E-state index is 0.160. The number of amides is 1. The molecular formula is C20H24N2O. The minimum Gasteiger partial charge on any atom is -0.332 e. The van der Waals surface area contributed by atoms with Gasteiger partial charge in [-0.25, -0.2) is 0 Å². The van der Waals surface area contributed by atoms with Crippen LogP contribution in [0.2, 0.25) is 0 Å². The van der Waals surface area contributed by atoms with E-state index in [9.17, 15) is 4.79 Å². The van der Waals surface area contributed by atoms with Crippen LogP contribution in [0.3, 0.4) is 0 Å². The van der Waals surface area contributed by atoms with E-state index in [1.54, 1.807) is 0 Å². The van der Waals surface area contributed by atoms with Crippen LogP contribution in [0, 0.1) is 13.8 Å². The van der Waals surface area contributed by atoms with Crippen molar-refractivity contribution in [1.82, 2.24) is 9.88 Å². The Morgan fingerprint density at radius 2 is 1.87 bits per heavy atom. The number of likely N-dealkylation sites (tertiary alicyclic amines) is 1. The Bertz CT molecular complexity index is 681. The van der Waals surface area contributed by atoms with Crippen LogP contribution in [-0.2, 0) is 0 Å². The quantitative estimate of drug-likeness (QED) is 0.821. The summed E-state index contributed by atoms with van der Waals surface area (Å²) in [5.74, 6) is 0.162. The minimum atomic E-state index is 0.160. The number of pyridine rings is 1. The molecule has 3 nitrogen and oxygen atoms in total. The summed E-state index contributed by atoms with van der Waals surface area (Å²) in [5.41, 5.74) is 4.30. The molecule has 0 N–H and O–H groups in total. The van der Waals surface area contributed by atoms with Gasteiger partial charge in [-0.2, -0.15) is 0 Å². The lowest BCUT2D eigenvalue weighted by molar-refractivity contribution is 0.0680. The monoisotopic (exact) mass is 308 g/mol. The van der Waals surface area contributed by atoms with Gasteiger partial charge in [-0.3, -0.25) is 9.78 Å². The van der Waals surface area contributed by atoms with Crippen molar-refractivity contribution in [1.29, 1.82) is 0 Å². The molecule has 0 aliphatic carbocycles. The van der Waals surface area contributed by atoms with Gasteiger partial charge in [0.1, 0.15) is 0 Å². The van der Waals surface area contributed by atoms with Crippen LogP contribution in [0.25, 0.3) is 0 Å². The molecule has 23 heavy (non-hydrogen) atoms. The number of benzene rings is 1. The number of hydrogen-bond donors (Lipinski definition) is 0. The molecule has 1 saturated heterocycles. The molecule has 2 aromatic rings. The predicted molar refractivity (Wildman–Crippen MR) is 92.4 cm³/mol. The molecule has 3 heteroatoms. The molecular weight excluding hydrogens is 284 g/mol. The third-order valence-electron chi connectivity index (χ3n) is 4.94. The molecule has 0 saturated carbocycles. The van der Waals surface area contributed by atoms with Crippen LogP contribution in [0.15, 0.2) is 42.7 Å². The largest absolute Gasteiger partial charge is 0.332 e. The van der Waals surface area contributed by atoms with Crippen LogP contribution >= 0.6 is 0 Å². The summed E-state index contributed by atoms with van der Waals surface area (Å²) < 4.78 is 0. The third kappa shape index (κ3) is 3.29. The standard InChI is InChI=1S/C20H24N2O/c1-15-7-6-8-18(16(15)2)20(23)22-14-5-3-4-9-19(22)17-10-12-21-13-11-17/h6-8,10-13,19H,3-5,9,14H2,1-2H3. The van der Waals surface area contributed by atoms with Crippen molar-refractivity contribution in [2.24, 2.45) is 0 Å². The van der Waals surface area contributed by atoms with Crippen molar-refractivity contribution < 1.29 is 4.79 Å². The molecule has 1 atom stereocenters. The topological polar surface area (TPSA) is 33.2 Å². The van der Waals surface area contributed by atoms with Gasteiger partial charge >= 0.3 is 0 Å². The number of aryl methyl sites for hydroxylation is 1. The van der Waals surface area contributed by atoms with Gasteiger partial charge in [0.25, 0.3) is 5.91 Å². The lowest BCUT2D eigenvalue weighted by Crippen LogP contribution is -2.35. The van der Waals surface area contributed by atoms with Gasteiger partial charge in [-0.05, 0) is 61.6 Å². The van der Waals surface area contributed by atoms with Crippen LogP contribution in [0.4, 0.5) is 0 Å². The van der Waals surface area contributed by atoms with Crippen LogP contribution in [0.5, 0.6) is 0 Å². The van der Waals surface area contributed by atoms with Gasteiger partial charge in [0, 0.05) is 24.5 Å². The maximum absolute atomic E-state index is 13.2. The van der Waals surface area contributed by atoms with Gasteiger partial charge in [0.15, 0.2) is 0 Å². The van der Waals surface area contributed by atoms with Crippen molar-refractivity contribution in [3.63, 3.8) is 0 Å². The average molecular weight is 308 g/mol. The number of carbonyl (C=O) groups is 1. The summed E-state index contributed by atoms with van der Waals surface area (Å²) in [6.07, 6.45) is 8.11. The van der Waals surface area contributed by atoms with Crippen molar-refractivity contribution in [3.8, 4) is 0 Å². The summed E-state index contributed by atoms with van der Waals surface area (Å²) >= 11 is 0. The number of hydrogen-bond acceptors (Lipinski definition) is 2. The van der Waals surface area contributed by atoms with E-state index < -0.39 is 0 Å². The fraction of sp³-hybridized carbons (Fsp3) is 0.400. The molecule has 3 rings (SSSR count). The van der Waals surface area contributed by atoms with E-state index in [0.717, 1.165) is 30.5 Å². The summed E-state index contributed by atoms with van der Waals surface area (Å²) in [6.45, 7) is 4.94. The number of aromatic nitrogens is 1. The van der Waals surface area contributed by atoms with Crippen LogP contribution in [0.1, 0.15) is 58.8 Å². The normalized spacial score (nSPS) is 18.5. The molecule has 0 radical (unpaired) electrons. The lowest BCUT2D eigenvalue weighted by Gasteiger charge is -2.31. The van der Waals surface area contributed by atoms with E-state index in [2.05, 4.69) is 22.9 Å². The molecule has 1 aliphatic rings. The summed E-state index contributed by atoms with van der Waals surface area (Å²) in [6, 6.07) is 10.2. The van der Waals surface area contributed by atoms with Gasteiger partial charge < -0.3 is 4.90 Å². The Morgan fingerprint density at radius 1 is 1.09 bits per heavy atom. The molecule has 0 spiro atoms. The molecule has 1 fully saturated rings. The first-order valence-corrected chi connectivity index (χ1v) is 8.45. The third-order valence-corrected chi connectivity index (χ3v) is 4.94. The fourth-order valence-corrected chi connectivity index (χ4v) is 3.42. The first-order chi connectivity index (χ1) is 11.2. The van der Waals surface area contributed by atoms with E-state index in [1.165, 1.54) is 24.0 Å². The van der Waals surface area contributed by atoms with E-state index in [0.29, 0.717) is 0 Å². The highest BCUT2D eigenvalue weighted by molar-refractivity contribution is 5.96. The molecule has 1 aromatic carbocycles. The maximum atomic E-state index is 13.2. The second kappa shape index (κ2) is 6.95. The Kier molecular flexibility index (Phi) is 4.75. The van der Waals surface area contributed by atoms with Crippen LogP contribution < -0.4 is 0 Å². The Balaban J connectivity index is 1.96. The number of nitrogens with zero attached hydrogens (tertiary/aromatic N) is 2. The zero-order chi connectivity index (χ0) is 16.2. The average Bonchev–Trinajstić information content (AvgIpc) is 2.83. The van der Waals surface area contributed by atoms with Crippen molar-refractivity contribution >= 4 is 5.91 Å². The lowest BCUT2D eigenvalue weighted by atomic mass is 9.98. The first kappa shape index (κ1) is 15.7. The maximum Gasteiger partial charge on any atom is 0.254 e. The second-order valence-electron chi connectivity index (χ2n) is 6.39. The highest BCUT2D eigenvalue weighted by Crippen LogP contribution is 2.31. The van der Waals surface area contributed by atoms with Crippen molar-refractivity contribution in [2.75, 3.05) is 6.54 Å². The molecule has 120 valence electrons. The van der Waals surface area contributed by atoms with E-state index in [-0.39, 0.29) is 11.9 Å². The molecule has 1 aliphatic heterocycles. The highest BCUT2D eigenvalue weighted by atomic mass is 16.2. The first-order valence-electron chi connectivity index (χ1n) is 8.45. The van der Waals surface area contributed by atoms with Gasteiger partial charge in [-0.1, -0.05) is 25.0 Å². The number of carbonyl (C=O) groups excluding carboxylic acids is 1. The zero-order valence-electron chi connectivity index (χ0n) is 14.0. The van der Waals surface area contributed by atoms with Crippen molar-refractivity contribution in [3.05, 3.63) is 65.0 Å². The second-order valence-corrected chi connectivity index (χ2v) is 6.39. The molecule has 2 heterocycles. The Labute approximate surface area is 138 Å². The number of rotatable bonds is 2. The van der Waals surface area contributed by atoms with E-state index >= 15 is 0 Å². The summed E-state index contributed by atoms with van der Waals surface area (Å²) in [5, 5.41) is 0. The Hall–Kier alpha value is -2.16. The van der Waals surface area contributed by atoms with Gasteiger partial charge in [-0.15, -0.1) is 0 Å². The summed E-state index contributed by atoms with van der Waals surface area (Å²) in [7, 11) is 0. The molecule has 1 unspecified atom stereocenters. The zero-order valence-corrected chi connectivity index (χ0v) is 14.0. The van der Waals surface area contributed by atoms with Gasteiger partial charge in [0.2, 0.25) is 0 Å².